The third-order valence-corrected chi connectivity index (χ3v) is 5.59. The number of aromatic hydroxyl groups is 1. The van der Waals surface area contributed by atoms with Gasteiger partial charge in [-0.25, -0.2) is 10.1 Å². The molecule has 4 aromatic rings. The molecule has 0 atom stereocenters. The fourth-order valence-corrected chi connectivity index (χ4v) is 3.75. The van der Waals surface area contributed by atoms with Gasteiger partial charge in [0.1, 0.15) is 10.8 Å². The number of rotatable bonds is 7. The summed E-state index contributed by atoms with van der Waals surface area (Å²) >= 11 is 1.56. The largest absolute Gasteiger partial charge is 0.507 e. The van der Waals surface area contributed by atoms with E-state index in [-0.39, 0.29) is 17.9 Å². The van der Waals surface area contributed by atoms with Crippen molar-refractivity contribution in [1.82, 2.24) is 5.06 Å². The summed E-state index contributed by atoms with van der Waals surface area (Å²) in [6.07, 6.45) is 2.14. The Kier molecular flexibility index (Phi) is 6.26. The summed E-state index contributed by atoms with van der Waals surface area (Å²) in [5, 5.41) is 28.5. The van der Waals surface area contributed by atoms with Crippen LogP contribution in [-0.4, -0.2) is 34.2 Å². The van der Waals surface area contributed by atoms with Crippen molar-refractivity contribution in [3.05, 3.63) is 89.3 Å². The van der Waals surface area contributed by atoms with Crippen molar-refractivity contribution in [1.29, 1.82) is 0 Å². The topological polar surface area (TPSA) is 85.2 Å². The third-order valence-electron chi connectivity index (χ3n) is 4.82. The molecule has 1 aromatic heterocycles. The number of hydroxylamine groups is 2. The van der Waals surface area contributed by atoms with Gasteiger partial charge in [-0.1, -0.05) is 36.4 Å². The molecule has 156 valence electrons. The molecule has 31 heavy (non-hydrogen) atoms. The van der Waals surface area contributed by atoms with Gasteiger partial charge in [0.05, 0.1) is 12.9 Å². The number of fused-ring (bicyclic) bond motifs is 1. The number of benzene rings is 3. The Hall–Kier alpha value is -3.68. The number of phenols is 1. The van der Waals surface area contributed by atoms with Crippen LogP contribution in [0.3, 0.4) is 0 Å². The van der Waals surface area contributed by atoms with E-state index in [1.165, 1.54) is 6.07 Å². The van der Waals surface area contributed by atoms with Gasteiger partial charge in [0, 0.05) is 16.6 Å². The van der Waals surface area contributed by atoms with Gasteiger partial charge in [0.25, 0.3) is 5.91 Å². The standard InChI is InChI=1S/C24H21N3O3S/c28-22-15-19(14-18-4-1-2-5-21(18)22)24(29)27(30)12-11-17-7-9-20(10-8-17)25-16-26-23-6-3-13-31-23/h1-10,13-16,28,30H,11-12H2,(H,25,26). The Labute approximate surface area is 183 Å². The van der Waals surface area contributed by atoms with E-state index >= 15 is 0 Å². The molecule has 3 aromatic carbocycles. The lowest BCUT2D eigenvalue weighted by Gasteiger charge is -2.16. The van der Waals surface area contributed by atoms with Crippen molar-refractivity contribution in [2.24, 2.45) is 4.99 Å². The highest BCUT2D eigenvalue weighted by Crippen LogP contribution is 2.27. The van der Waals surface area contributed by atoms with Crippen LogP contribution in [0.25, 0.3) is 10.8 Å². The maximum atomic E-state index is 12.6. The maximum absolute atomic E-state index is 12.6. The van der Waals surface area contributed by atoms with E-state index in [0.29, 0.717) is 16.9 Å². The summed E-state index contributed by atoms with van der Waals surface area (Å²) in [6, 6.07) is 21.9. The van der Waals surface area contributed by atoms with E-state index in [4.69, 9.17) is 0 Å². The van der Waals surface area contributed by atoms with Gasteiger partial charge in [-0.05, 0) is 59.1 Å². The minimum Gasteiger partial charge on any atom is -0.507 e. The molecule has 6 nitrogen and oxygen atoms in total. The summed E-state index contributed by atoms with van der Waals surface area (Å²) in [5.74, 6) is -0.537. The number of amides is 1. The van der Waals surface area contributed by atoms with Gasteiger partial charge in [-0.15, -0.1) is 11.3 Å². The molecule has 0 radical (unpaired) electrons. The van der Waals surface area contributed by atoms with E-state index < -0.39 is 5.91 Å². The quantitative estimate of drug-likeness (QED) is 0.157. The second-order valence-electron chi connectivity index (χ2n) is 6.95. The molecule has 0 saturated heterocycles. The molecule has 0 spiro atoms. The van der Waals surface area contributed by atoms with Crippen LogP contribution < -0.4 is 5.32 Å². The third kappa shape index (κ3) is 5.09. The Morgan fingerprint density at radius 3 is 2.65 bits per heavy atom. The number of phenolic OH excluding ortho intramolecular Hbond substituents is 1. The molecule has 0 fully saturated rings. The Morgan fingerprint density at radius 1 is 1.06 bits per heavy atom. The predicted molar refractivity (Wildman–Crippen MR) is 125 cm³/mol. The number of hydrogen-bond donors (Lipinski definition) is 3. The minimum atomic E-state index is -0.552. The second kappa shape index (κ2) is 9.42. The van der Waals surface area contributed by atoms with Gasteiger partial charge in [0.2, 0.25) is 0 Å². The van der Waals surface area contributed by atoms with Gasteiger partial charge < -0.3 is 10.4 Å². The number of nitrogens with one attached hydrogen (secondary N) is 1. The first kappa shape index (κ1) is 20.6. The molecule has 7 heteroatoms. The average molecular weight is 432 g/mol. The summed E-state index contributed by atoms with van der Waals surface area (Å²) in [5.41, 5.74) is 2.12. The number of nitrogens with zero attached hydrogens (tertiary/aromatic N) is 2. The highest BCUT2D eigenvalue weighted by atomic mass is 32.1. The minimum absolute atomic E-state index is 0.0144. The van der Waals surface area contributed by atoms with Crippen LogP contribution >= 0.6 is 11.3 Å². The normalized spacial score (nSPS) is 11.1. The summed E-state index contributed by atoms with van der Waals surface area (Å²) in [7, 11) is 0. The van der Waals surface area contributed by atoms with Crippen molar-refractivity contribution in [2.45, 2.75) is 6.42 Å². The molecular formula is C24H21N3O3S. The number of anilines is 1. The van der Waals surface area contributed by atoms with Crippen LogP contribution in [0.4, 0.5) is 10.7 Å². The zero-order valence-corrected chi connectivity index (χ0v) is 17.4. The lowest BCUT2D eigenvalue weighted by molar-refractivity contribution is -0.0571. The van der Waals surface area contributed by atoms with Crippen molar-refractivity contribution in [3.8, 4) is 5.75 Å². The molecule has 0 aliphatic heterocycles. The lowest BCUT2D eigenvalue weighted by Crippen LogP contribution is -2.29. The molecule has 0 aliphatic carbocycles. The first-order valence-corrected chi connectivity index (χ1v) is 10.6. The van der Waals surface area contributed by atoms with E-state index in [1.54, 1.807) is 29.8 Å². The zero-order valence-electron chi connectivity index (χ0n) is 16.6. The smallest absolute Gasteiger partial charge is 0.277 e. The van der Waals surface area contributed by atoms with Crippen LogP contribution in [-0.2, 0) is 6.42 Å². The summed E-state index contributed by atoms with van der Waals surface area (Å²) in [4.78, 5) is 16.9. The first-order valence-electron chi connectivity index (χ1n) is 9.74. The molecule has 1 heterocycles. The lowest BCUT2D eigenvalue weighted by atomic mass is 10.1. The molecule has 3 N–H and O–H groups in total. The number of hydrogen-bond acceptors (Lipinski definition) is 5. The Balaban J connectivity index is 1.34. The van der Waals surface area contributed by atoms with Crippen molar-refractivity contribution in [2.75, 3.05) is 11.9 Å². The average Bonchev–Trinajstić information content (AvgIpc) is 3.31. The second-order valence-corrected chi connectivity index (χ2v) is 7.87. The summed E-state index contributed by atoms with van der Waals surface area (Å²) < 4.78 is 0. The van der Waals surface area contributed by atoms with Gasteiger partial charge in [0.15, 0.2) is 0 Å². The van der Waals surface area contributed by atoms with E-state index in [2.05, 4.69) is 10.3 Å². The maximum Gasteiger partial charge on any atom is 0.277 e. The monoisotopic (exact) mass is 431 g/mol. The van der Waals surface area contributed by atoms with Crippen molar-refractivity contribution < 1.29 is 15.1 Å². The van der Waals surface area contributed by atoms with E-state index in [9.17, 15) is 15.1 Å². The highest BCUT2D eigenvalue weighted by Gasteiger charge is 2.16. The van der Waals surface area contributed by atoms with Crippen molar-refractivity contribution in [3.63, 3.8) is 0 Å². The molecule has 0 unspecified atom stereocenters. The van der Waals surface area contributed by atoms with Crippen molar-refractivity contribution >= 4 is 45.0 Å². The molecular weight excluding hydrogens is 410 g/mol. The fraction of sp³-hybridized carbons (Fsp3) is 0.0833. The SMILES string of the molecule is O=C(c1cc(O)c2ccccc2c1)N(O)CCc1ccc(N/C=N/c2cccs2)cc1. The highest BCUT2D eigenvalue weighted by molar-refractivity contribution is 7.13. The number of carbonyl (C=O) groups excluding carboxylic acids is 1. The zero-order chi connectivity index (χ0) is 21.6. The first-order chi connectivity index (χ1) is 15.1. The number of aliphatic imine (C=N–C) groups is 1. The van der Waals surface area contributed by atoms with Crippen LogP contribution in [0.5, 0.6) is 5.75 Å². The predicted octanol–water partition coefficient (Wildman–Crippen LogP) is 5.45. The van der Waals surface area contributed by atoms with Crippen LogP contribution in [0, 0.1) is 0 Å². The Bertz CT molecular complexity index is 1200. The number of thiophene rings is 1. The molecule has 0 aliphatic rings. The molecule has 0 saturated carbocycles. The summed E-state index contributed by atoms with van der Waals surface area (Å²) in [6.45, 7) is 0.138. The van der Waals surface area contributed by atoms with E-state index in [0.717, 1.165) is 21.6 Å². The van der Waals surface area contributed by atoms with Crippen LogP contribution in [0.2, 0.25) is 0 Å². The molecule has 4 rings (SSSR count). The van der Waals surface area contributed by atoms with Gasteiger partial charge in [-0.3, -0.25) is 10.0 Å². The fourth-order valence-electron chi connectivity index (χ4n) is 3.18. The van der Waals surface area contributed by atoms with Gasteiger partial charge >= 0.3 is 0 Å². The molecule has 0 bridgehead atoms. The van der Waals surface area contributed by atoms with Crippen LogP contribution in [0.15, 0.2) is 83.2 Å². The Morgan fingerprint density at radius 2 is 1.87 bits per heavy atom. The van der Waals surface area contributed by atoms with E-state index in [1.807, 2.05) is 60.0 Å². The molecule has 1 amide bonds. The van der Waals surface area contributed by atoms with Gasteiger partial charge in [-0.2, -0.15) is 0 Å². The van der Waals surface area contributed by atoms with Crippen LogP contribution in [0.1, 0.15) is 15.9 Å². The number of carbonyl (C=O) groups is 1.